The van der Waals surface area contributed by atoms with Gasteiger partial charge in [-0.05, 0) is 12.8 Å². The molecule has 2 nitrogen and oxygen atoms in total. The first kappa shape index (κ1) is 14.4. The van der Waals surface area contributed by atoms with Gasteiger partial charge in [-0.25, -0.2) is 0 Å². The maximum atomic E-state index is 10.9. The molecule has 0 saturated heterocycles. The van der Waals surface area contributed by atoms with Crippen molar-refractivity contribution in [2.75, 3.05) is 0 Å². The average Bonchev–Trinajstić information content (AvgIpc) is 2.12. The Kier molecular flexibility index (Phi) is 6.99. The van der Waals surface area contributed by atoms with Gasteiger partial charge >= 0.3 is 58.2 Å². The third-order valence-electron chi connectivity index (χ3n) is 2.08. The summed E-state index contributed by atoms with van der Waals surface area (Å²) in [6.45, 7) is 0. The molecule has 0 heterocycles. The smallest absolute Gasteiger partial charge is 0.870 e. The summed E-state index contributed by atoms with van der Waals surface area (Å²) >= 11 is 0. The van der Waals surface area contributed by atoms with E-state index < -0.39 is 0 Å². The largest absolute Gasteiger partial charge is 1.00 e. The first-order valence-electron chi connectivity index (χ1n) is 4.08. The summed E-state index contributed by atoms with van der Waals surface area (Å²) in [4.78, 5) is 10.9. The molecule has 0 spiro atoms. The van der Waals surface area contributed by atoms with Crippen LogP contribution in [-0.4, -0.2) is 5.48 Å². The van der Waals surface area contributed by atoms with E-state index >= 15 is 0 Å². The molecule has 0 unspecified atom stereocenters. The van der Waals surface area contributed by atoms with E-state index in [-0.39, 0.29) is 69.1 Å². The molecular formula is C11H10O2Rb-. The molecule has 1 aliphatic rings. The van der Waals surface area contributed by atoms with E-state index in [1.54, 1.807) is 12.1 Å². The third kappa shape index (κ3) is 3.52. The van der Waals surface area contributed by atoms with E-state index in [9.17, 15) is 4.79 Å². The summed E-state index contributed by atoms with van der Waals surface area (Å²) in [5, 5.41) is 0. The summed E-state index contributed by atoms with van der Waals surface area (Å²) in [5.74, 6) is 0. The zero-order valence-electron chi connectivity index (χ0n) is 8.16. The van der Waals surface area contributed by atoms with E-state index in [2.05, 4.69) is 12.1 Å². The van der Waals surface area contributed by atoms with Crippen molar-refractivity contribution in [3.63, 3.8) is 0 Å². The molecular weight excluding hydrogens is 250 g/mol. The fourth-order valence-corrected chi connectivity index (χ4v) is 1.25. The van der Waals surface area contributed by atoms with Gasteiger partial charge in [-0.2, -0.15) is 12.1 Å². The molecule has 1 aromatic carbocycles. The van der Waals surface area contributed by atoms with Crippen LogP contribution >= 0.6 is 0 Å². The molecule has 1 aliphatic carbocycles. The van der Waals surface area contributed by atoms with Gasteiger partial charge in [0.2, 0.25) is 0 Å². The Morgan fingerprint density at radius 1 is 1.21 bits per heavy atom. The molecule has 0 aromatic heterocycles. The van der Waals surface area contributed by atoms with Crippen LogP contribution in [0.25, 0.3) is 5.57 Å². The zero-order valence-corrected chi connectivity index (χ0v) is 13.1. The van der Waals surface area contributed by atoms with E-state index in [0.717, 1.165) is 12.0 Å². The van der Waals surface area contributed by atoms with Crippen LogP contribution in [-0.2, 0) is 0 Å². The third-order valence-corrected chi connectivity index (χ3v) is 2.08. The molecule has 0 amide bonds. The van der Waals surface area contributed by atoms with Crippen LogP contribution in [0.2, 0.25) is 0 Å². The molecule has 1 aromatic rings. The molecule has 0 bridgehead atoms. The minimum atomic E-state index is -0.0545. The van der Waals surface area contributed by atoms with Gasteiger partial charge in [0.15, 0.2) is 0 Å². The van der Waals surface area contributed by atoms with E-state index in [4.69, 9.17) is 0 Å². The molecule has 68 valence electrons. The van der Waals surface area contributed by atoms with Crippen molar-refractivity contribution in [1.29, 1.82) is 0 Å². The molecule has 2 rings (SSSR count). The molecule has 14 heavy (non-hydrogen) atoms. The SMILES string of the molecule is O=c1[c-]ccc(C2=CCC2)cc1.[OH-].[Rb+]. The standard InChI is InChI=1S/C11H9O.H2O.Rb/c12-11-6-2-5-10(7-8-11)9-3-1-4-9;;/h2-3,5,7-8H,1,4H2;1H2;/q-1;;+1/p-1. The van der Waals surface area contributed by atoms with Gasteiger partial charge in [0.25, 0.3) is 0 Å². The van der Waals surface area contributed by atoms with Crippen LogP contribution in [0.15, 0.2) is 35.1 Å². The molecule has 0 atom stereocenters. The van der Waals surface area contributed by atoms with E-state index in [0.29, 0.717) is 0 Å². The molecule has 0 saturated carbocycles. The van der Waals surface area contributed by atoms with E-state index in [1.165, 1.54) is 12.0 Å². The fraction of sp³-hybridized carbons (Fsp3) is 0.182. The maximum absolute atomic E-state index is 10.9. The predicted molar refractivity (Wildman–Crippen MR) is 50.7 cm³/mol. The summed E-state index contributed by atoms with van der Waals surface area (Å²) in [5.41, 5.74) is 2.44. The number of rotatable bonds is 1. The zero-order chi connectivity index (χ0) is 8.39. The molecule has 0 aliphatic heterocycles. The van der Waals surface area contributed by atoms with Gasteiger partial charge in [-0.15, -0.1) is 18.2 Å². The molecule has 3 heteroatoms. The van der Waals surface area contributed by atoms with Gasteiger partial charge in [0, 0.05) is 0 Å². The van der Waals surface area contributed by atoms with Crippen LogP contribution in [0.1, 0.15) is 18.4 Å². The Bertz CT molecular complexity index is 385. The van der Waals surface area contributed by atoms with Crippen molar-refractivity contribution in [1.82, 2.24) is 0 Å². The van der Waals surface area contributed by atoms with E-state index in [1.807, 2.05) is 12.1 Å². The van der Waals surface area contributed by atoms with Crippen LogP contribution in [0, 0.1) is 6.07 Å². The topological polar surface area (TPSA) is 47.1 Å². The van der Waals surface area contributed by atoms with Crippen LogP contribution in [0.4, 0.5) is 0 Å². The van der Waals surface area contributed by atoms with Crippen molar-refractivity contribution in [3.05, 3.63) is 52.2 Å². The fourth-order valence-electron chi connectivity index (χ4n) is 1.25. The second-order valence-electron chi connectivity index (χ2n) is 2.90. The Labute approximate surface area is 132 Å². The predicted octanol–water partition coefficient (Wildman–Crippen LogP) is -1.15. The van der Waals surface area contributed by atoms with Gasteiger partial charge in [-0.1, -0.05) is 17.2 Å². The van der Waals surface area contributed by atoms with Crippen molar-refractivity contribution in [2.45, 2.75) is 12.8 Å². The van der Waals surface area contributed by atoms with Gasteiger partial charge in [0.1, 0.15) is 0 Å². The van der Waals surface area contributed by atoms with Crippen molar-refractivity contribution in [3.8, 4) is 0 Å². The van der Waals surface area contributed by atoms with Crippen LogP contribution < -0.4 is 63.6 Å². The van der Waals surface area contributed by atoms with Gasteiger partial charge in [-0.3, -0.25) is 0 Å². The Hall–Kier alpha value is 0.395. The molecule has 0 fully saturated rings. The second-order valence-corrected chi connectivity index (χ2v) is 2.90. The van der Waals surface area contributed by atoms with Gasteiger partial charge < -0.3 is 10.3 Å². The van der Waals surface area contributed by atoms with Crippen molar-refractivity contribution in [2.24, 2.45) is 0 Å². The second kappa shape index (κ2) is 6.80. The first-order chi connectivity index (χ1) is 5.86. The van der Waals surface area contributed by atoms with Gasteiger partial charge in [0.05, 0.1) is 5.43 Å². The van der Waals surface area contributed by atoms with Crippen molar-refractivity contribution >= 4 is 5.57 Å². The van der Waals surface area contributed by atoms with Crippen LogP contribution in [0.5, 0.6) is 0 Å². The quantitative estimate of drug-likeness (QED) is 0.598. The monoisotopic (exact) mass is 259 g/mol. The first-order valence-corrected chi connectivity index (χ1v) is 4.08. The molecule has 0 radical (unpaired) electrons. The average molecular weight is 260 g/mol. The summed E-state index contributed by atoms with van der Waals surface area (Å²) in [6, 6.07) is 9.68. The Morgan fingerprint density at radius 2 is 1.93 bits per heavy atom. The number of allylic oxidation sites excluding steroid dienone is 2. The summed E-state index contributed by atoms with van der Waals surface area (Å²) < 4.78 is 0. The minimum absolute atomic E-state index is 0. The summed E-state index contributed by atoms with van der Waals surface area (Å²) in [7, 11) is 0. The molecule has 1 N–H and O–H groups in total. The minimum Gasteiger partial charge on any atom is -0.870 e. The Morgan fingerprint density at radius 3 is 2.50 bits per heavy atom. The Balaban J connectivity index is 0.000000845. The van der Waals surface area contributed by atoms with Crippen LogP contribution in [0.3, 0.4) is 0 Å². The number of hydrogen-bond donors (Lipinski definition) is 0. The van der Waals surface area contributed by atoms with Crippen molar-refractivity contribution < 1.29 is 63.7 Å². The normalized spacial score (nSPS) is 12.7. The number of hydrogen-bond acceptors (Lipinski definition) is 2. The maximum Gasteiger partial charge on any atom is 1.00 e. The summed E-state index contributed by atoms with van der Waals surface area (Å²) in [6.07, 6.45) is 4.50.